The van der Waals surface area contributed by atoms with Gasteiger partial charge in [-0.3, -0.25) is 0 Å². The number of likely N-dealkylation sites (tertiary alicyclic amines) is 1. The number of hydrogen-bond acceptors (Lipinski definition) is 5. The second-order valence-corrected chi connectivity index (χ2v) is 5.31. The molecule has 0 aliphatic carbocycles. The fourth-order valence-electron chi connectivity index (χ4n) is 2.60. The van der Waals surface area contributed by atoms with E-state index in [1.54, 1.807) is 0 Å². The van der Waals surface area contributed by atoms with Crippen molar-refractivity contribution in [1.82, 2.24) is 14.8 Å². The van der Waals surface area contributed by atoms with Crippen molar-refractivity contribution in [2.75, 3.05) is 39.2 Å². The Bertz CT molecular complexity index is 364. The number of nitrogen functional groups attached to an aromatic ring is 1. The first-order valence-electron chi connectivity index (χ1n) is 6.46. The van der Waals surface area contributed by atoms with Gasteiger partial charge in [-0.15, -0.1) is 0 Å². The van der Waals surface area contributed by atoms with Crippen molar-refractivity contribution in [3.63, 3.8) is 0 Å². The van der Waals surface area contributed by atoms with Gasteiger partial charge in [-0.05, 0) is 44.6 Å². The highest BCUT2D eigenvalue weighted by atomic mass is 15.2. The third-order valence-corrected chi connectivity index (χ3v) is 3.48. The molecule has 1 aromatic heterocycles. The molecule has 0 bridgehead atoms. The van der Waals surface area contributed by atoms with E-state index >= 15 is 0 Å². The molecule has 1 saturated heterocycles. The molecule has 1 aliphatic heterocycles. The molecule has 1 aliphatic rings. The summed E-state index contributed by atoms with van der Waals surface area (Å²) < 4.78 is 0. The summed E-state index contributed by atoms with van der Waals surface area (Å²) in [6.45, 7) is 4.55. The molecular weight excluding hydrogens is 226 g/mol. The van der Waals surface area contributed by atoms with Crippen LogP contribution in [0.2, 0.25) is 0 Å². The van der Waals surface area contributed by atoms with E-state index < -0.39 is 0 Å². The van der Waals surface area contributed by atoms with Crippen LogP contribution < -0.4 is 11.3 Å². The molecule has 1 aromatic rings. The molecule has 1 unspecified atom stereocenters. The topological polar surface area (TPSA) is 57.4 Å². The van der Waals surface area contributed by atoms with Crippen LogP contribution in [0.5, 0.6) is 0 Å². The van der Waals surface area contributed by atoms with Crippen LogP contribution >= 0.6 is 0 Å². The zero-order valence-electron chi connectivity index (χ0n) is 11.3. The molecule has 0 radical (unpaired) electrons. The summed E-state index contributed by atoms with van der Waals surface area (Å²) in [4.78, 5) is 9.00. The number of hydrazine groups is 1. The van der Waals surface area contributed by atoms with Gasteiger partial charge >= 0.3 is 0 Å². The van der Waals surface area contributed by atoms with E-state index in [1.165, 1.54) is 25.1 Å². The fraction of sp³-hybridized carbons (Fsp3) is 0.615. The number of aromatic nitrogens is 1. The lowest BCUT2D eigenvalue weighted by Gasteiger charge is -2.20. The van der Waals surface area contributed by atoms with Crippen molar-refractivity contribution in [3.05, 3.63) is 23.9 Å². The molecule has 18 heavy (non-hydrogen) atoms. The lowest BCUT2D eigenvalue weighted by Crippen LogP contribution is -2.27. The van der Waals surface area contributed by atoms with E-state index in [0.717, 1.165) is 19.0 Å². The number of rotatable bonds is 5. The Morgan fingerprint density at radius 3 is 2.94 bits per heavy atom. The van der Waals surface area contributed by atoms with Gasteiger partial charge in [-0.1, -0.05) is 6.07 Å². The van der Waals surface area contributed by atoms with Crippen molar-refractivity contribution in [1.29, 1.82) is 0 Å². The standard InChI is InChI=1S/C13H23N5/c1-17-6-5-12(9-17)10-18(2)8-11-3-4-13(16-14)15-7-11/h3-4,7,12H,5-6,8-10,14H2,1-2H3,(H,15,16). The summed E-state index contributed by atoms with van der Waals surface area (Å²) in [7, 11) is 4.37. The van der Waals surface area contributed by atoms with Gasteiger partial charge in [-0.2, -0.15) is 0 Å². The first-order valence-corrected chi connectivity index (χ1v) is 6.46. The first-order chi connectivity index (χ1) is 8.67. The number of nitrogens with two attached hydrogens (primary N) is 1. The van der Waals surface area contributed by atoms with Gasteiger partial charge in [0.25, 0.3) is 0 Å². The van der Waals surface area contributed by atoms with Crippen molar-refractivity contribution >= 4 is 5.82 Å². The molecule has 5 heteroatoms. The minimum Gasteiger partial charge on any atom is -0.308 e. The summed E-state index contributed by atoms with van der Waals surface area (Å²) in [5, 5.41) is 0. The van der Waals surface area contributed by atoms with Crippen LogP contribution in [0.4, 0.5) is 5.82 Å². The lowest BCUT2D eigenvalue weighted by atomic mass is 10.1. The van der Waals surface area contributed by atoms with E-state index in [4.69, 9.17) is 5.84 Å². The number of nitrogens with zero attached hydrogens (tertiary/aromatic N) is 3. The number of pyridine rings is 1. The predicted octanol–water partition coefficient (Wildman–Crippen LogP) is 0.751. The predicted molar refractivity (Wildman–Crippen MR) is 74.0 cm³/mol. The maximum absolute atomic E-state index is 5.30. The number of anilines is 1. The Kier molecular flexibility index (Phi) is 4.52. The van der Waals surface area contributed by atoms with Crippen LogP contribution in [-0.2, 0) is 6.54 Å². The zero-order chi connectivity index (χ0) is 13.0. The third-order valence-electron chi connectivity index (χ3n) is 3.48. The highest BCUT2D eigenvalue weighted by Gasteiger charge is 2.20. The molecule has 100 valence electrons. The monoisotopic (exact) mass is 249 g/mol. The molecule has 0 spiro atoms. The Balaban J connectivity index is 1.80. The quantitative estimate of drug-likeness (QED) is 0.596. The van der Waals surface area contributed by atoms with Crippen molar-refractivity contribution in [3.8, 4) is 0 Å². The van der Waals surface area contributed by atoms with E-state index in [0.29, 0.717) is 5.82 Å². The summed E-state index contributed by atoms with van der Waals surface area (Å²) in [5.41, 5.74) is 3.77. The van der Waals surface area contributed by atoms with Crippen LogP contribution in [0.3, 0.4) is 0 Å². The fourth-order valence-corrected chi connectivity index (χ4v) is 2.60. The Labute approximate surface area is 109 Å². The van der Waals surface area contributed by atoms with Crippen molar-refractivity contribution in [2.45, 2.75) is 13.0 Å². The third kappa shape index (κ3) is 3.66. The first kappa shape index (κ1) is 13.3. The molecule has 2 heterocycles. The lowest BCUT2D eigenvalue weighted by molar-refractivity contribution is 0.267. The Morgan fingerprint density at radius 2 is 2.39 bits per heavy atom. The molecule has 0 saturated carbocycles. The molecule has 2 rings (SSSR count). The summed E-state index contributed by atoms with van der Waals surface area (Å²) in [5.74, 6) is 6.81. The highest BCUT2D eigenvalue weighted by Crippen LogP contribution is 2.16. The van der Waals surface area contributed by atoms with Crippen molar-refractivity contribution < 1.29 is 0 Å². The van der Waals surface area contributed by atoms with Crippen LogP contribution in [0.15, 0.2) is 18.3 Å². The maximum Gasteiger partial charge on any atom is 0.139 e. The van der Waals surface area contributed by atoms with Crippen LogP contribution in [-0.4, -0.2) is 48.5 Å². The minimum absolute atomic E-state index is 0.707. The smallest absolute Gasteiger partial charge is 0.139 e. The van der Waals surface area contributed by atoms with Gasteiger partial charge in [0.05, 0.1) is 0 Å². The summed E-state index contributed by atoms with van der Waals surface area (Å²) in [6, 6.07) is 3.98. The van der Waals surface area contributed by atoms with Gasteiger partial charge in [0.2, 0.25) is 0 Å². The van der Waals surface area contributed by atoms with E-state index in [9.17, 15) is 0 Å². The number of hydrogen-bond donors (Lipinski definition) is 2. The van der Waals surface area contributed by atoms with Gasteiger partial charge in [-0.25, -0.2) is 10.8 Å². The highest BCUT2D eigenvalue weighted by molar-refractivity contribution is 5.33. The minimum atomic E-state index is 0.707. The zero-order valence-corrected chi connectivity index (χ0v) is 11.3. The van der Waals surface area contributed by atoms with E-state index in [1.807, 2.05) is 12.3 Å². The van der Waals surface area contributed by atoms with Crippen molar-refractivity contribution in [2.24, 2.45) is 11.8 Å². The average Bonchev–Trinajstić information content (AvgIpc) is 2.75. The van der Waals surface area contributed by atoms with Gasteiger partial charge in [0.1, 0.15) is 5.82 Å². The Hall–Kier alpha value is -1.17. The molecule has 3 N–H and O–H groups in total. The van der Waals surface area contributed by atoms with Crippen LogP contribution in [0.25, 0.3) is 0 Å². The van der Waals surface area contributed by atoms with Gasteiger partial charge in [0.15, 0.2) is 0 Å². The molecule has 5 nitrogen and oxygen atoms in total. The largest absolute Gasteiger partial charge is 0.308 e. The van der Waals surface area contributed by atoms with Crippen LogP contribution in [0.1, 0.15) is 12.0 Å². The molecule has 1 atom stereocenters. The van der Waals surface area contributed by atoms with Crippen LogP contribution in [0, 0.1) is 5.92 Å². The van der Waals surface area contributed by atoms with Gasteiger partial charge in [0, 0.05) is 25.8 Å². The summed E-state index contributed by atoms with van der Waals surface area (Å²) in [6.07, 6.45) is 3.20. The molecule has 0 aromatic carbocycles. The second-order valence-electron chi connectivity index (χ2n) is 5.31. The van der Waals surface area contributed by atoms with Gasteiger partial charge < -0.3 is 15.2 Å². The Morgan fingerprint density at radius 1 is 1.56 bits per heavy atom. The molecular formula is C13H23N5. The maximum atomic E-state index is 5.30. The average molecular weight is 249 g/mol. The molecule has 0 amide bonds. The normalized spacial score (nSPS) is 20.6. The van der Waals surface area contributed by atoms with E-state index in [2.05, 4.69) is 40.4 Å². The molecule has 1 fully saturated rings. The van der Waals surface area contributed by atoms with E-state index in [-0.39, 0.29) is 0 Å². The SMILES string of the molecule is CN1CCC(CN(C)Cc2ccc(NN)nc2)C1. The second kappa shape index (κ2) is 6.13. The number of nitrogens with one attached hydrogen (secondary N) is 1. The summed E-state index contributed by atoms with van der Waals surface area (Å²) >= 11 is 0.